The van der Waals surface area contributed by atoms with E-state index in [-0.39, 0.29) is 18.2 Å². The van der Waals surface area contributed by atoms with Gasteiger partial charge in [0.2, 0.25) is 0 Å². The molecule has 0 aromatic carbocycles. The Labute approximate surface area is 182 Å². The Morgan fingerprint density at radius 3 is 2.37 bits per heavy atom. The summed E-state index contributed by atoms with van der Waals surface area (Å²) in [5, 5.41) is 10.3. The van der Waals surface area contributed by atoms with Crippen molar-refractivity contribution in [2.45, 2.75) is 115 Å². The number of hydrogen-bond donors (Lipinski definition) is 3. The average molecular weight is 427 g/mol. The van der Waals surface area contributed by atoms with Crippen LogP contribution in [0, 0.1) is 17.8 Å². The number of halogens is 2. The Balaban J connectivity index is 1.31. The van der Waals surface area contributed by atoms with Gasteiger partial charge in [0, 0.05) is 19.3 Å². The van der Waals surface area contributed by atoms with Gasteiger partial charge in [0.25, 0.3) is 0 Å². The SMILES string of the molecule is CC(C)(F)C1CCC(C2CCCN2C2NCNC(NCC3CCCCC3)C2F)CC1. The van der Waals surface area contributed by atoms with E-state index in [2.05, 4.69) is 20.9 Å². The van der Waals surface area contributed by atoms with Gasteiger partial charge in [-0.15, -0.1) is 0 Å². The van der Waals surface area contributed by atoms with Gasteiger partial charge in [0.15, 0.2) is 6.17 Å². The van der Waals surface area contributed by atoms with Gasteiger partial charge in [-0.05, 0) is 89.5 Å². The van der Waals surface area contributed by atoms with Crippen LogP contribution >= 0.6 is 0 Å². The molecule has 4 aliphatic rings. The van der Waals surface area contributed by atoms with E-state index in [1.54, 1.807) is 13.8 Å². The fourth-order valence-electron chi connectivity index (χ4n) is 6.71. The predicted octanol–water partition coefficient (Wildman–Crippen LogP) is 4.32. The second-order valence-electron chi connectivity index (χ2n) is 11.0. The second-order valence-corrected chi connectivity index (χ2v) is 11.0. The Kier molecular flexibility index (Phi) is 7.70. The maximum absolute atomic E-state index is 15.6. The summed E-state index contributed by atoms with van der Waals surface area (Å²) < 4.78 is 30.0. The van der Waals surface area contributed by atoms with Crippen molar-refractivity contribution >= 4 is 0 Å². The molecule has 2 saturated carbocycles. The summed E-state index contributed by atoms with van der Waals surface area (Å²) in [4.78, 5) is 2.42. The molecular formula is C24H44F2N4. The van der Waals surface area contributed by atoms with Crippen molar-refractivity contribution in [3.05, 3.63) is 0 Å². The standard InChI is InChI=1S/C24H44F2N4/c1-24(2,26)19-12-10-18(11-13-19)20-9-6-14-30(20)23-21(25)22(28-16-29-23)27-15-17-7-4-3-5-8-17/h17-23,27-29H,3-16H2,1-2H3. The van der Waals surface area contributed by atoms with Crippen LogP contribution in [0.25, 0.3) is 0 Å². The van der Waals surface area contributed by atoms with Crippen molar-refractivity contribution in [1.82, 2.24) is 20.9 Å². The lowest BCUT2D eigenvalue weighted by atomic mass is 9.73. The summed E-state index contributed by atoms with van der Waals surface area (Å²) in [5.74, 6) is 1.47. The molecule has 2 saturated heterocycles. The Morgan fingerprint density at radius 2 is 1.67 bits per heavy atom. The van der Waals surface area contributed by atoms with Gasteiger partial charge in [0.1, 0.15) is 5.67 Å². The fourth-order valence-corrected chi connectivity index (χ4v) is 6.71. The molecule has 0 bridgehead atoms. The molecule has 2 aliphatic heterocycles. The normalized spacial score (nSPS) is 40.0. The lowest BCUT2D eigenvalue weighted by Crippen LogP contribution is -2.69. The van der Waals surface area contributed by atoms with Crippen LogP contribution in [-0.4, -0.2) is 54.9 Å². The molecule has 4 atom stereocenters. The van der Waals surface area contributed by atoms with E-state index in [9.17, 15) is 4.39 Å². The fraction of sp³-hybridized carbons (Fsp3) is 1.00. The Morgan fingerprint density at radius 1 is 0.933 bits per heavy atom. The molecule has 4 nitrogen and oxygen atoms in total. The van der Waals surface area contributed by atoms with Gasteiger partial charge in [-0.2, -0.15) is 0 Å². The smallest absolute Gasteiger partial charge is 0.157 e. The first-order chi connectivity index (χ1) is 14.4. The minimum atomic E-state index is -1.07. The van der Waals surface area contributed by atoms with Crippen molar-refractivity contribution in [3.8, 4) is 0 Å². The highest BCUT2D eigenvalue weighted by Gasteiger charge is 2.44. The zero-order chi connectivity index (χ0) is 21.1. The third-order valence-corrected chi connectivity index (χ3v) is 8.59. The van der Waals surface area contributed by atoms with Gasteiger partial charge in [-0.1, -0.05) is 19.3 Å². The molecule has 4 fully saturated rings. The second kappa shape index (κ2) is 10.1. The first-order valence-corrected chi connectivity index (χ1v) is 12.7. The first-order valence-electron chi connectivity index (χ1n) is 12.7. The van der Waals surface area contributed by atoms with E-state index < -0.39 is 11.8 Å². The zero-order valence-corrected chi connectivity index (χ0v) is 19.1. The van der Waals surface area contributed by atoms with Crippen molar-refractivity contribution in [3.63, 3.8) is 0 Å². The molecule has 0 aromatic heterocycles. The average Bonchev–Trinajstić information content (AvgIpc) is 3.23. The molecule has 30 heavy (non-hydrogen) atoms. The number of likely N-dealkylation sites (tertiary alicyclic amines) is 1. The van der Waals surface area contributed by atoms with Gasteiger partial charge >= 0.3 is 0 Å². The van der Waals surface area contributed by atoms with Crippen LogP contribution in [0.1, 0.15) is 84.5 Å². The molecule has 2 heterocycles. The summed E-state index contributed by atoms with van der Waals surface area (Å²) in [5.41, 5.74) is -1.07. The third-order valence-electron chi connectivity index (χ3n) is 8.59. The Hall–Kier alpha value is -0.300. The predicted molar refractivity (Wildman–Crippen MR) is 119 cm³/mol. The van der Waals surface area contributed by atoms with Crippen LogP contribution in [0.3, 0.4) is 0 Å². The number of nitrogens with one attached hydrogen (secondary N) is 3. The quantitative estimate of drug-likeness (QED) is 0.592. The highest BCUT2D eigenvalue weighted by atomic mass is 19.1. The summed E-state index contributed by atoms with van der Waals surface area (Å²) in [6.45, 7) is 6.02. The van der Waals surface area contributed by atoms with Crippen LogP contribution in [0.2, 0.25) is 0 Å². The molecule has 0 amide bonds. The molecule has 0 radical (unpaired) electrons. The van der Waals surface area contributed by atoms with E-state index >= 15 is 4.39 Å². The van der Waals surface area contributed by atoms with Crippen LogP contribution < -0.4 is 16.0 Å². The summed E-state index contributed by atoms with van der Waals surface area (Å²) >= 11 is 0. The highest BCUT2D eigenvalue weighted by Crippen LogP contribution is 2.42. The molecule has 4 unspecified atom stereocenters. The van der Waals surface area contributed by atoms with E-state index in [4.69, 9.17) is 0 Å². The van der Waals surface area contributed by atoms with E-state index in [0.717, 1.165) is 51.6 Å². The largest absolute Gasteiger partial charge is 0.299 e. The van der Waals surface area contributed by atoms with Crippen LogP contribution in [0.15, 0.2) is 0 Å². The van der Waals surface area contributed by atoms with Crippen molar-refractivity contribution < 1.29 is 8.78 Å². The van der Waals surface area contributed by atoms with Crippen molar-refractivity contribution in [2.24, 2.45) is 17.8 Å². The number of hydrogen-bond acceptors (Lipinski definition) is 4. The van der Waals surface area contributed by atoms with Gasteiger partial charge in [-0.3, -0.25) is 20.9 Å². The maximum atomic E-state index is 15.6. The number of nitrogens with zero attached hydrogens (tertiary/aromatic N) is 1. The molecule has 2 aliphatic carbocycles. The van der Waals surface area contributed by atoms with Crippen LogP contribution in [0.4, 0.5) is 8.78 Å². The minimum absolute atomic E-state index is 0.183. The van der Waals surface area contributed by atoms with E-state index in [1.165, 1.54) is 32.1 Å². The van der Waals surface area contributed by atoms with Crippen molar-refractivity contribution in [1.29, 1.82) is 0 Å². The van der Waals surface area contributed by atoms with Gasteiger partial charge in [0.05, 0.1) is 12.3 Å². The summed E-state index contributed by atoms with van der Waals surface area (Å²) in [6.07, 6.45) is 11.6. The highest BCUT2D eigenvalue weighted by molar-refractivity contribution is 4.97. The molecule has 3 N–H and O–H groups in total. The van der Waals surface area contributed by atoms with Gasteiger partial charge < -0.3 is 0 Å². The third kappa shape index (κ3) is 5.36. The molecule has 0 aromatic rings. The summed E-state index contributed by atoms with van der Waals surface area (Å²) in [7, 11) is 0. The van der Waals surface area contributed by atoms with Crippen LogP contribution in [-0.2, 0) is 0 Å². The monoisotopic (exact) mass is 426 g/mol. The topological polar surface area (TPSA) is 39.3 Å². The lowest BCUT2D eigenvalue weighted by molar-refractivity contribution is -0.00755. The number of alkyl halides is 2. The molecular weight excluding hydrogens is 382 g/mol. The van der Waals surface area contributed by atoms with Crippen LogP contribution in [0.5, 0.6) is 0 Å². The molecule has 0 spiro atoms. The summed E-state index contributed by atoms with van der Waals surface area (Å²) in [6, 6.07) is 0.446. The minimum Gasteiger partial charge on any atom is -0.299 e. The van der Waals surface area contributed by atoms with E-state index in [0.29, 0.717) is 24.5 Å². The lowest BCUT2D eigenvalue weighted by Gasteiger charge is -2.45. The number of rotatable bonds is 6. The molecule has 6 heteroatoms. The van der Waals surface area contributed by atoms with Crippen molar-refractivity contribution in [2.75, 3.05) is 19.8 Å². The maximum Gasteiger partial charge on any atom is 0.157 e. The first kappa shape index (κ1) is 22.9. The van der Waals surface area contributed by atoms with Gasteiger partial charge in [-0.25, -0.2) is 8.78 Å². The zero-order valence-electron chi connectivity index (χ0n) is 19.1. The molecule has 4 rings (SSSR count). The Bertz CT molecular complexity index is 526. The molecule has 174 valence electrons. The van der Waals surface area contributed by atoms with E-state index in [1.807, 2.05) is 0 Å².